The molecule has 56 valence electrons. The van der Waals surface area contributed by atoms with E-state index in [2.05, 4.69) is 6.07 Å². The van der Waals surface area contributed by atoms with Crippen molar-refractivity contribution in [2.24, 2.45) is 5.92 Å². The van der Waals surface area contributed by atoms with Crippen LogP contribution in [0.1, 0.15) is 12.8 Å². The lowest BCUT2D eigenvalue weighted by molar-refractivity contribution is 0.110. The molecular weight excluding hydrogens is 130 g/mol. The number of rotatable bonds is 0. The fourth-order valence-electron chi connectivity index (χ4n) is 1.06. The Morgan fingerprint density at radius 1 is 1.40 bits per heavy atom. The van der Waals surface area contributed by atoms with Crippen LogP contribution < -0.4 is 0 Å². The Labute approximate surface area is 60.2 Å². The summed E-state index contributed by atoms with van der Waals surface area (Å²) in [7, 11) is 0. The Morgan fingerprint density at radius 3 is 2.80 bits per heavy atom. The minimum absolute atomic E-state index is 0.220. The monoisotopic (exact) mass is 141 g/mol. The lowest BCUT2D eigenvalue weighted by Gasteiger charge is -2.09. The van der Waals surface area contributed by atoms with Crippen molar-refractivity contribution in [3.63, 3.8) is 0 Å². The summed E-state index contributed by atoms with van der Waals surface area (Å²) in [5.74, 6) is -0.220. The normalized spacial score (nSPS) is 34.4. The lowest BCUT2D eigenvalue weighted by atomic mass is 10.00. The first kappa shape index (κ1) is 7.52. The van der Waals surface area contributed by atoms with Crippen LogP contribution in [-0.4, -0.2) is 24.4 Å². The van der Waals surface area contributed by atoms with Crippen LogP contribution in [0, 0.1) is 17.2 Å². The van der Waals surface area contributed by atoms with Crippen LogP contribution in [0.25, 0.3) is 0 Å². The zero-order valence-corrected chi connectivity index (χ0v) is 5.79. The quantitative estimate of drug-likeness (QED) is 0.527. The van der Waals surface area contributed by atoms with Gasteiger partial charge >= 0.3 is 0 Å². The number of ether oxygens (including phenoxy) is 1. The zero-order valence-electron chi connectivity index (χ0n) is 5.79. The number of hydrogen-bond donors (Lipinski definition) is 1. The Balaban J connectivity index is 2.45. The van der Waals surface area contributed by atoms with Gasteiger partial charge in [-0.25, -0.2) is 0 Å². The Hall–Kier alpha value is -0.590. The highest BCUT2D eigenvalue weighted by Crippen LogP contribution is 2.14. The molecule has 0 bridgehead atoms. The van der Waals surface area contributed by atoms with E-state index in [1.165, 1.54) is 0 Å². The molecule has 1 rings (SSSR count). The highest BCUT2D eigenvalue weighted by atomic mass is 16.5. The molecule has 0 aromatic rings. The second-order valence-electron chi connectivity index (χ2n) is 2.49. The number of nitriles is 1. The maximum Gasteiger partial charge on any atom is 0.0745 e. The van der Waals surface area contributed by atoms with E-state index in [0.717, 1.165) is 0 Å². The molecule has 0 spiro atoms. The van der Waals surface area contributed by atoms with Crippen molar-refractivity contribution in [2.75, 3.05) is 13.2 Å². The maximum absolute atomic E-state index is 9.25. The first-order chi connectivity index (χ1) is 4.84. The molecule has 0 amide bonds. The van der Waals surface area contributed by atoms with Crippen molar-refractivity contribution in [1.29, 1.82) is 5.26 Å². The van der Waals surface area contributed by atoms with Crippen molar-refractivity contribution in [3.8, 4) is 6.07 Å². The molecule has 3 heteroatoms. The molecular formula is C7H11NO2. The van der Waals surface area contributed by atoms with E-state index in [1.807, 2.05) is 0 Å². The maximum atomic E-state index is 9.25. The van der Waals surface area contributed by atoms with E-state index < -0.39 is 6.10 Å². The summed E-state index contributed by atoms with van der Waals surface area (Å²) in [6.45, 7) is 1.19. The van der Waals surface area contributed by atoms with Gasteiger partial charge in [0.05, 0.1) is 18.1 Å². The molecule has 0 unspecified atom stereocenters. The predicted molar refractivity (Wildman–Crippen MR) is 35.2 cm³/mol. The van der Waals surface area contributed by atoms with Crippen LogP contribution in [0.3, 0.4) is 0 Å². The highest BCUT2D eigenvalue weighted by molar-refractivity contribution is 4.88. The fourth-order valence-corrected chi connectivity index (χ4v) is 1.06. The second kappa shape index (κ2) is 3.55. The summed E-state index contributed by atoms with van der Waals surface area (Å²) in [5, 5.41) is 17.8. The van der Waals surface area contributed by atoms with Crippen molar-refractivity contribution >= 4 is 0 Å². The summed E-state index contributed by atoms with van der Waals surface area (Å²) in [4.78, 5) is 0. The van der Waals surface area contributed by atoms with Gasteiger partial charge in [-0.2, -0.15) is 5.26 Å². The van der Waals surface area contributed by atoms with E-state index in [0.29, 0.717) is 26.1 Å². The third-order valence-corrected chi connectivity index (χ3v) is 1.76. The van der Waals surface area contributed by atoms with Gasteiger partial charge in [-0.1, -0.05) is 0 Å². The highest BCUT2D eigenvalue weighted by Gasteiger charge is 2.20. The van der Waals surface area contributed by atoms with Crippen molar-refractivity contribution in [3.05, 3.63) is 0 Å². The van der Waals surface area contributed by atoms with Gasteiger partial charge in [-0.05, 0) is 12.8 Å². The third-order valence-electron chi connectivity index (χ3n) is 1.76. The molecule has 1 heterocycles. The van der Waals surface area contributed by atoms with Gasteiger partial charge < -0.3 is 9.84 Å². The molecule has 3 nitrogen and oxygen atoms in total. The summed E-state index contributed by atoms with van der Waals surface area (Å²) in [5.41, 5.74) is 0. The van der Waals surface area contributed by atoms with Crippen LogP contribution in [0.2, 0.25) is 0 Å². The molecule has 1 fully saturated rings. The molecule has 1 N–H and O–H groups in total. The number of aliphatic hydroxyl groups is 1. The van der Waals surface area contributed by atoms with Crippen LogP contribution >= 0.6 is 0 Å². The summed E-state index contributed by atoms with van der Waals surface area (Å²) < 4.78 is 5.09. The van der Waals surface area contributed by atoms with Gasteiger partial charge in [0.2, 0.25) is 0 Å². The van der Waals surface area contributed by atoms with Gasteiger partial charge in [0.1, 0.15) is 0 Å². The fraction of sp³-hybridized carbons (Fsp3) is 0.857. The Morgan fingerprint density at radius 2 is 2.10 bits per heavy atom. The number of nitrogens with zero attached hydrogens (tertiary/aromatic N) is 1. The van der Waals surface area contributed by atoms with Crippen LogP contribution in [-0.2, 0) is 4.74 Å². The van der Waals surface area contributed by atoms with Crippen LogP contribution in [0.5, 0.6) is 0 Å². The Bertz CT molecular complexity index is 141. The Kier molecular flexibility index (Phi) is 2.67. The average molecular weight is 141 g/mol. The van der Waals surface area contributed by atoms with Gasteiger partial charge in [-0.3, -0.25) is 0 Å². The molecule has 0 saturated carbocycles. The molecule has 1 aliphatic rings. The van der Waals surface area contributed by atoms with E-state index in [-0.39, 0.29) is 5.92 Å². The summed E-state index contributed by atoms with van der Waals surface area (Å²) in [6.07, 6.45) is 0.781. The van der Waals surface area contributed by atoms with Gasteiger partial charge in [0, 0.05) is 13.2 Å². The van der Waals surface area contributed by atoms with E-state index in [1.54, 1.807) is 0 Å². The minimum atomic E-state index is -0.479. The van der Waals surface area contributed by atoms with Crippen molar-refractivity contribution < 1.29 is 9.84 Å². The molecule has 0 aliphatic carbocycles. The molecule has 1 saturated heterocycles. The van der Waals surface area contributed by atoms with Crippen molar-refractivity contribution in [2.45, 2.75) is 18.9 Å². The third kappa shape index (κ3) is 1.69. The second-order valence-corrected chi connectivity index (χ2v) is 2.49. The minimum Gasteiger partial charge on any atom is -0.392 e. The zero-order chi connectivity index (χ0) is 7.40. The van der Waals surface area contributed by atoms with E-state index >= 15 is 0 Å². The molecule has 0 aromatic carbocycles. The van der Waals surface area contributed by atoms with Crippen molar-refractivity contribution in [1.82, 2.24) is 0 Å². The molecule has 0 aromatic heterocycles. The predicted octanol–water partition coefficient (Wildman–Crippen LogP) is 0.297. The summed E-state index contributed by atoms with van der Waals surface area (Å²) in [6, 6.07) is 2.06. The summed E-state index contributed by atoms with van der Waals surface area (Å²) >= 11 is 0. The SMILES string of the molecule is N#C[C@H]1CCOCC[C@H]1O. The largest absolute Gasteiger partial charge is 0.392 e. The average Bonchev–Trinajstić information content (AvgIpc) is 2.13. The van der Waals surface area contributed by atoms with E-state index in [9.17, 15) is 5.11 Å². The lowest BCUT2D eigenvalue weighted by Crippen LogP contribution is -2.17. The van der Waals surface area contributed by atoms with Gasteiger partial charge in [0.15, 0.2) is 0 Å². The molecule has 1 aliphatic heterocycles. The van der Waals surface area contributed by atoms with Gasteiger partial charge in [0.25, 0.3) is 0 Å². The molecule has 0 radical (unpaired) electrons. The van der Waals surface area contributed by atoms with Gasteiger partial charge in [-0.15, -0.1) is 0 Å². The first-order valence-corrected chi connectivity index (χ1v) is 3.50. The first-order valence-electron chi connectivity index (χ1n) is 3.50. The number of hydrogen-bond acceptors (Lipinski definition) is 3. The van der Waals surface area contributed by atoms with Crippen LogP contribution in [0.4, 0.5) is 0 Å². The molecule has 10 heavy (non-hydrogen) atoms. The standard InChI is InChI=1S/C7H11NO2/c8-5-6-1-3-10-4-2-7(6)9/h6-7,9H,1-4H2/t6-,7-/m1/s1. The smallest absolute Gasteiger partial charge is 0.0745 e. The molecule has 2 atom stereocenters. The van der Waals surface area contributed by atoms with Crippen LogP contribution in [0.15, 0.2) is 0 Å². The topological polar surface area (TPSA) is 53.2 Å². The van der Waals surface area contributed by atoms with E-state index in [4.69, 9.17) is 10.00 Å². The number of aliphatic hydroxyl groups excluding tert-OH is 1.